The van der Waals surface area contributed by atoms with Crippen molar-refractivity contribution in [2.45, 2.75) is 59.0 Å². The maximum absolute atomic E-state index is 4.59. The summed E-state index contributed by atoms with van der Waals surface area (Å²) in [5.74, 6) is 2.55. The summed E-state index contributed by atoms with van der Waals surface area (Å²) < 4.78 is 0. The van der Waals surface area contributed by atoms with Crippen LogP contribution in [0, 0.1) is 11.8 Å². The summed E-state index contributed by atoms with van der Waals surface area (Å²) in [6.45, 7) is 8.60. The van der Waals surface area contributed by atoms with Crippen molar-refractivity contribution in [3.05, 3.63) is 18.1 Å². The van der Waals surface area contributed by atoms with Crippen molar-refractivity contribution < 1.29 is 0 Å². The normalized spacial score (nSPS) is 22.5. The Hall–Kier alpha value is -1.16. The summed E-state index contributed by atoms with van der Waals surface area (Å²) >= 11 is 0. The zero-order chi connectivity index (χ0) is 15.2. The highest BCUT2D eigenvalue weighted by Crippen LogP contribution is 2.28. The van der Waals surface area contributed by atoms with Crippen LogP contribution in [0.15, 0.2) is 12.4 Å². The minimum absolute atomic E-state index is 0.625. The van der Waals surface area contributed by atoms with E-state index in [9.17, 15) is 0 Å². The molecule has 0 aromatic carbocycles. The average Bonchev–Trinajstić information content (AvgIpc) is 2.48. The van der Waals surface area contributed by atoms with E-state index in [2.05, 4.69) is 48.0 Å². The zero-order valence-electron chi connectivity index (χ0n) is 14.0. The van der Waals surface area contributed by atoms with Gasteiger partial charge >= 0.3 is 0 Å². The number of nitrogens with zero attached hydrogens (tertiary/aromatic N) is 3. The standard InChI is InChI=1S/C17H30N4/c1-13(2)9-18-10-15-11-20-17(12-19-15)21(4)16-7-5-14(3)6-8-16/h11-14,16,18H,5-10H2,1-4H3. The fraction of sp³-hybridized carbons (Fsp3) is 0.765. The molecule has 0 aliphatic heterocycles. The molecular weight excluding hydrogens is 260 g/mol. The Balaban J connectivity index is 1.86. The molecule has 1 aromatic heterocycles. The van der Waals surface area contributed by atoms with Gasteiger partial charge in [-0.1, -0.05) is 20.8 Å². The van der Waals surface area contributed by atoms with Crippen molar-refractivity contribution in [3.63, 3.8) is 0 Å². The van der Waals surface area contributed by atoms with Crippen LogP contribution in [0.2, 0.25) is 0 Å². The lowest BCUT2D eigenvalue weighted by Gasteiger charge is -2.34. The van der Waals surface area contributed by atoms with Gasteiger partial charge in [0.25, 0.3) is 0 Å². The molecule has 1 aliphatic rings. The first-order valence-corrected chi connectivity index (χ1v) is 8.30. The molecule has 2 rings (SSSR count). The van der Waals surface area contributed by atoms with Crippen molar-refractivity contribution >= 4 is 5.82 Å². The molecule has 0 spiro atoms. The third-order valence-corrected chi connectivity index (χ3v) is 4.44. The van der Waals surface area contributed by atoms with Gasteiger partial charge in [-0.15, -0.1) is 0 Å². The Morgan fingerprint density at radius 2 is 1.90 bits per heavy atom. The predicted octanol–water partition coefficient (Wildman–Crippen LogP) is 3.24. The minimum Gasteiger partial charge on any atom is -0.355 e. The second kappa shape index (κ2) is 7.74. The summed E-state index contributed by atoms with van der Waals surface area (Å²) in [4.78, 5) is 11.4. The SMILES string of the molecule is CC(C)CNCc1cnc(N(C)C2CCC(C)CC2)cn1. The minimum atomic E-state index is 0.625. The van der Waals surface area contributed by atoms with Gasteiger partial charge in [-0.05, 0) is 44.1 Å². The lowest BCUT2D eigenvalue weighted by molar-refractivity contribution is 0.340. The van der Waals surface area contributed by atoms with E-state index >= 15 is 0 Å². The smallest absolute Gasteiger partial charge is 0.147 e. The second-order valence-corrected chi connectivity index (χ2v) is 6.92. The third kappa shape index (κ3) is 4.95. The van der Waals surface area contributed by atoms with E-state index in [0.717, 1.165) is 30.5 Å². The molecule has 1 fully saturated rings. The Kier molecular flexibility index (Phi) is 5.97. The van der Waals surface area contributed by atoms with Crippen LogP contribution in [-0.2, 0) is 6.54 Å². The van der Waals surface area contributed by atoms with Crippen LogP contribution in [0.25, 0.3) is 0 Å². The van der Waals surface area contributed by atoms with Gasteiger partial charge < -0.3 is 10.2 Å². The zero-order valence-corrected chi connectivity index (χ0v) is 14.0. The molecule has 4 nitrogen and oxygen atoms in total. The molecule has 1 aliphatic carbocycles. The van der Waals surface area contributed by atoms with Crippen LogP contribution in [0.3, 0.4) is 0 Å². The molecule has 4 heteroatoms. The maximum atomic E-state index is 4.59. The van der Waals surface area contributed by atoms with Crippen LogP contribution in [0.1, 0.15) is 52.1 Å². The predicted molar refractivity (Wildman–Crippen MR) is 88.4 cm³/mol. The highest BCUT2D eigenvalue weighted by atomic mass is 15.2. The van der Waals surface area contributed by atoms with Crippen LogP contribution in [0.5, 0.6) is 0 Å². The summed E-state index contributed by atoms with van der Waals surface area (Å²) in [6.07, 6.45) is 9.04. The molecular formula is C17H30N4. The number of hydrogen-bond donors (Lipinski definition) is 1. The van der Waals surface area contributed by atoms with E-state index in [1.54, 1.807) is 0 Å². The summed E-state index contributed by atoms with van der Waals surface area (Å²) in [5, 5.41) is 3.40. The van der Waals surface area contributed by atoms with Gasteiger partial charge in [-0.25, -0.2) is 4.98 Å². The Morgan fingerprint density at radius 3 is 2.48 bits per heavy atom. The van der Waals surface area contributed by atoms with Gasteiger partial charge in [0.15, 0.2) is 0 Å². The van der Waals surface area contributed by atoms with Gasteiger partial charge in [-0.3, -0.25) is 4.98 Å². The van der Waals surface area contributed by atoms with Gasteiger partial charge in [0, 0.05) is 19.6 Å². The molecule has 1 N–H and O–H groups in total. The van der Waals surface area contributed by atoms with Gasteiger partial charge in [0.05, 0.1) is 18.1 Å². The van der Waals surface area contributed by atoms with E-state index in [4.69, 9.17) is 0 Å². The number of hydrogen-bond acceptors (Lipinski definition) is 4. The Morgan fingerprint density at radius 1 is 1.19 bits per heavy atom. The lowest BCUT2D eigenvalue weighted by Crippen LogP contribution is -2.35. The Labute approximate surface area is 129 Å². The molecule has 1 saturated carbocycles. The molecule has 0 radical (unpaired) electrons. The molecule has 0 atom stereocenters. The number of rotatable bonds is 6. The number of nitrogens with one attached hydrogen (secondary N) is 1. The summed E-state index contributed by atoms with van der Waals surface area (Å²) in [6, 6.07) is 0.625. The molecule has 1 aromatic rings. The summed E-state index contributed by atoms with van der Waals surface area (Å²) in [5.41, 5.74) is 1.02. The molecule has 0 bridgehead atoms. The van der Waals surface area contributed by atoms with Gasteiger partial charge in [0.2, 0.25) is 0 Å². The average molecular weight is 290 g/mol. The molecule has 0 unspecified atom stereocenters. The third-order valence-electron chi connectivity index (χ3n) is 4.44. The number of anilines is 1. The first-order valence-electron chi connectivity index (χ1n) is 8.30. The number of aromatic nitrogens is 2. The van der Waals surface area contributed by atoms with E-state index in [1.807, 2.05) is 12.4 Å². The first-order chi connectivity index (χ1) is 10.1. The van der Waals surface area contributed by atoms with E-state index in [1.165, 1.54) is 25.7 Å². The molecule has 0 amide bonds. The van der Waals surface area contributed by atoms with Crippen molar-refractivity contribution in [3.8, 4) is 0 Å². The molecule has 21 heavy (non-hydrogen) atoms. The van der Waals surface area contributed by atoms with Crippen molar-refractivity contribution in [2.24, 2.45) is 11.8 Å². The molecule has 0 saturated heterocycles. The van der Waals surface area contributed by atoms with Crippen molar-refractivity contribution in [1.29, 1.82) is 0 Å². The highest BCUT2D eigenvalue weighted by Gasteiger charge is 2.22. The molecule has 1 heterocycles. The Bertz CT molecular complexity index is 407. The van der Waals surface area contributed by atoms with Crippen LogP contribution in [-0.4, -0.2) is 29.6 Å². The van der Waals surface area contributed by atoms with E-state index in [-0.39, 0.29) is 0 Å². The maximum Gasteiger partial charge on any atom is 0.147 e. The highest BCUT2D eigenvalue weighted by molar-refractivity contribution is 5.36. The van der Waals surface area contributed by atoms with Gasteiger partial charge in [0.1, 0.15) is 5.82 Å². The topological polar surface area (TPSA) is 41.1 Å². The van der Waals surface area contributed by atoms with Crippen LogP contribution in [0.4, 0.5) is 5.82 Å². The van der Waals surface area contributed by atoms with Gasteiger partial charge in [-0.2, -0.15) is 0 Å². The fourth-order valence-corrected chi connectivity index (χ4v) is 2.93. The molecule has 118 valence electrons. The van der Waals surface area contributed by atoms with Crippen LogP contribution < -0.4 is 10.2 Å². The second-order valence-electron chi connectivity index (χ2n) is 6.92. The van der Waals surface area contributed by atoms with E-state index in [0.29, 0.717) is 12.0 Å². The van der Waals surface area contributed by atoms with E-state index < -0.39 is 0 Å². The summed E-state index contributed by atoms with van der Waals surface area (Å²) in [7, 11) is 2.15. The largest absolute Gasteiger partial charge is 0.355 e. The first kappa shape index (κ1) is 16.2. The lowest BCUT2D eigenvalue weighted by atomic mass is 9.87. The quantitative estimate of drug-likeness (QED) is 0.873. The fourth-order valence-electron chi connectivity index (χ4n) is 2.93. The van der Waals surface area contributed by atoms with Crippen molar-refractivity contribution in [1.82, 2.24) is 15.3 Å². The van der Waals surface area contributed by atoms with Crippen LogP contribution >= 0.6 is 0 Å². The van der Waals surface area contributed by atoms with Crippen molar-refractivity contribution in [2.75, 3.05) is 18.5 Å². The monoisotopic (exact) mass is 290 g/mol.